The number of hydrogen-bond donors (Lipinski definition) is 1. The molecule has 12 heteroatoms. The van der Waals surface area contributed by atoms with Gasteiger partial charge in [0.1, 0.15) is 25.9 Å². The van der Waals surface area contributed by atoms with Gasteiger partial charge < -0.3 is 23.6 Å². The molecule has 0 aromatic carbocycles. The molecule has 1 unspecified atom stereocenters. The lowest BCUT2D eigenvalue weighted by Crippen LogP contribution is -2.37. The smallest absolute Gasteiger partial charge is 0.462 e. The van der Waals surface area contributed by atoms with Gasteiger partial charge in [-0.2, -0.15) is 0 Å². The zero-order valence-electron chi connectivity index (χ0n) is 35.6. The van der Waals surface area contributed by atoms with E-state index in [1.165, 1.54) is 77.0 Å². The number of allylic oxidation sites excluding steroid dienone is 5. The highest BCUT2D eigenvalue weighted by atomic mass is 31.2. The van der Waals surface area contributed by atoms with Crippen LogP contribution in [0.1, 0.15) is 155 Å². The summed E-state index contributed by atoms with van der Waals surface area (Å²) in [5, 5.41) is 0. The highest BCUT2D eigenvalue weighted by molar-refractivity contribution is 7.47. The van der Waals surface area contributed by atoms with Crippen molar-refractivity contribution in [1.82, 2.24) is 0 Å². The second-order valence-electron chi connectivity index (χ2n) is 16.6. The van der Waals surface area contributed by atoms with Gasteiger partial charge in [-0.25, -0.2) is 4.57 Å². The second-order valence-corrected chi connectivity index (χ2v) is 18.0. The number of esters is 2. The number of epoxide rings is 1. The average molecular weight is 811 g/mol. The molecule has 1 saturated heterocycles. The van der Waals surface area contributed by atoms with Crippen molar-refractivity contribution >= 4 is 25.5 Å². The summed E-state index contributed by atoms with van der Waals surface area (Å²) in [6, 6.07) is 0. The van der Waals surface area contributed by atoms with Crippen LogP contribution >= 0.6 is 7.82 Å². The van der Waals surface area contributed by atoms with Crippen LogP contribution in [0.4, 0.5) is 0 Å². The molecule has 0 bridgehead atoms. The summed E-state index contributed by atoms with van der Waals surface area (Å²) in [4.78, 5) is 48.1. The van der Waals surface area contributed by atoms with Crippen molar-refractivity contribution in [2.75, 3.05) is 47.5 Å². The first-order valence-electron chi connectivity index (χ1n) is 21.9. The number of rotatable bonds is 35. The van der Waals surface area contributed by atoms with Crippen molar-refractivity contribution in [2.45, 2.75) is 173 Å². The van der Waals surface area contributed by atoms with Crippen LogP contribution in [0.25, 0.3) is 0 Å². The first kappa shape index (κ1) is 50.0. The van der Waals surface area contributed by atoms with E-state index in [4.69, 9.17) is 23.3 Å². The maximum atomic E-state index is 12.8. The molecule has 0 saturated carbocycles. The Bertz CT molecular complexity index is 1260. The first-order chi connectivity index (χ1) is 26.8. The molecule has 11 nitrogen and oxygen atoms in total. The monoisotopic (exact) mass is 811 g/mol. The SMILES string of the molecule is CCCCC/C=C\C[C@H]1C=CC(=O)/C1=C/[C@H]1O[C@@H]1CCCC(=O)O[C@@H](COC(=O)CCCCCCCCCCCCCCC)COP(=O)(O)OCC[N+](C)(C)C. The number of carbonyl (C=O) groups is 3. The molecule has 1 aliphatic carbocycles. The molecule has 0 aromatic rings. The van der Waals surface area contributed by atoms with E-state index >= 15 is 0 Å². The van der Waals surface area contributed by atoms with Gasteiger partial charge in [0, 0.05) is 24.3 Å². The van der Waals surface area contributed by atoms with Crippen molar-refractivity contribution in [3.63, 3.8) is 0 Å². The molecule has 1 N–H and O–H groups in total. The normalized spacial score (nSPS) is 20.5. The Labute approximate surface area is 339 Å². The molecule has 2 aliphatic rings. The number of unbranched alkanes of at least 4 members (excludes halogenated alkanes) is 15. The quantitative estimate of drug-likeness (QED) is 0.0125. The summed E-state index contributed by atoms with van der Waals surface area (Å²) in [6.07, 6.45) is 31.1. The summed E-state index contributed by atoms with van der Waals surface area (Å²) >= 11 is 0. The number of ether oxygens (including phenoxy) is 3. The average Bonchev–Trinajstić information content (AvgIpc) is 3.80. The van der Waals surface area contributed by atoms with Gasteiger partial charge in [-0.15, -0.1) is 0 Å². The molecule has 5 atom stereocenters. The van der Waals surface area contributed by atoms with E-state index in [-0.39, 0.29) is 50.0 Å². The van der Waals surface area contributed by atoms with Gasteiger partial charge in [0.2, 0.25) is 0 Å². The zero-order chi connectivity index (χ0) is 41.1. The predicted molar refractivity (Wildman–Crippen MR) is 222 cm³/mol. The van der Waals surface area contributed by atoms with Crippen LogP contribution in [-0.2, 0) is 42.2 Å². The number of hydrogen-bond acceptors (Lipinski definition) is 9. The Morgan fingerprint density at radius 1 is 0.821 bits per heavy atom. The molecule has 0 spiro atoms. The van der Waals surface area contributed by atoms with Gasteiger partial charge in [0.05, 0.1) is 33.9 Å². The third kappa shape index (κ3) is 25.3. The number of phosphoric ester groups is 1. The van der Waals surface area contributed by atoms with E-state index in [1.54, 1.807) is 6.08 Å². The van der Waals surface area contributed by atoms with E-state index in [0.29, 0.717) is 30.3 Å². The molecule has 0 amide bonds. The third-order valence-corrected chi connectivity index (χ3v) is 11.2. The zero-order valence-corrected chi connectivity index (χ0v) is 36.5. The van der Waals surface area contributed by atoms with Crippen LogP contribution < -0.4 is 0 Å². The van der Waals surface area contributed by atoms with Crippen molar-refractivity contribution < 1.29 is 51.6 Å². The largest absolute Gasteiger partial charge is 0.472 e. The standard InChI is InChI=1S/C44H76NO10P/c1-6-8-10-12-14-15-16-17-18-19-20-22-24-28-43(47)51-35-38(36-53-56(49,50)52-33-32-45(3,4)5)54-44(48)29-25-27-41-42(55-41)34-39-37(30-31-40(39)46)26-23-21-13-11-9-7-2/h21,23,30-31,34,37-38,41-42H,6-20,22,24-29,32-33,35-36H2,1-5H3/p+1/b23-21-,39-34+/t37-,38-,41+,42+/m0/s1. The van der Waals surface area contributed by atoms with Crippen molar-refractivity contribution in [2.24, 2.45) is 5.92 Å². The highest BCUT2D eigenvalue weighted by Crippen LogP contribution is 2.43. The van der Waals surface area contributed by atoms with Crippen LogP contribution in [0.15, 0.2) is 36.0 Å². The van der Waals surface area contributed by atoms with Gasteiger partial charge in [-0.05, 0) is 50.7 Å². The summed E-state index contributed by atoms with van der Waals surface area (Å²) in [7, 11) is 1.36. The maximum absolute atomic E-state index is 12.8. The van der Waals surface area contributed by atoms with Gasteiger partial charge in [0.15, 0.2) is 11.9 Å². The van der Waals surface area contributed by atoms with Crippen molar-refractivity contribution in [3.05, 3.63) is 36.0 Å². The van der Waals surface area contributed by atoms with Crippen molar-refractivity contribution in [1.29, 1.82) is 0 Å². The number of nitrogens with zero attached hydrogens (tertiary/aromatic N) is 1. The molecular formula is C44H77NO10P+. The van der Waals surface area contributed by atoms with Crippen LogP contribution in [0.5, 0.6) is 0 Å². The Balaban J connectivity index is 1.74. The number of quaternary nitrogens is 1. The Morgan fingerprint density at radius 2 is 1.43 bits per heavy atom. The van der Waals surface area contributed by atoms with E-state index in [9.17, 15) is 23.8 Å². The minimum atomic E-state index is -4.43. The minimum Gasteiger partial charge on any atom is -0.462 e. The molecule has 0 aromatic heterocycles. The van der Waals surface area contributed by atoms with E-state index in [0.717, 1.165) is 37.7 Å². The molecule has 2 rings (SSSR count). The summed E-state index contributed by atoms with van der Waals surface area (Å²) < 4.78 is 40.1. The molecule has 322 valence electrons. The van der Waals surface area contributed by atoms with Crippen LogP contribution in [0.3, 0.4) is 0 Å². The maximum Gasteiger partial charge on any atom is 0.472 e. The van der Waals surface area contributed by atoms with Gasteiger partial charge >= 0.3 is 19.8 Å². The Kier molecular flexibility index (Phi) is 26.0. The third-order valence-electron chi connectivity index (χ3n) is 10.2. The molecule has 1 fully saturated rings. The number of likely N-dealkylation sites (N-methyl/N-ethyl adjacent to an activating group) is 1. The van der Waals surface area contributed by atoms with Crippen LogP contribution in [0, 0.1) is 5.92 Å². The minimum absolute atomic E-state index is 0.00173. The van der Waals surface area contributed by atoms with Crippen LogP contribution in [-0.4, -0.2) is 92.9 Å². The lowest BCUT2D eigenvalue weighted by Gasteiger charge is -2.24. The fourth-order valence-corrected chi connectivity index (χ4v) is 7.32. The van der Waals surface area contributed by atoms with Crippen LogP contribution in [0.2, 0.25) is 0 Å². The fourth-order valence-electron chi connectivity index (χ4n) is 6.58. The summed E-state index contributed by atoms with van der Waals surface area (Å²) in [5.74, 6) is -0.865. The van der Waals surface area contributed by atoms with E-state index in [1.807, 2.05) is 33.3 Å². The topological polar surface area (TPSA) is 138 Å². The first-order valence-corrected chi connectivity index (χ1v) is 23.3. The number of ketones is 1. The predicted octanol–water partition coefficient (Wildman–Crippen LogP) is 9.91. The summed E-state index contributed by atoms with van der Waals surface area (Å²) in [5.41, 5.74) is 0.768. The molecule has 1 heterocycles. The highest BCUT2D eigenvalue weighted by Gasteiger charge is 2.38. The Hall–Kier alpha value is -2.14. The lowest BCUT2D eigenvalue weighted by molar-refractivity contribution is -0.870. The molecule has 56 heavy (non-hydrogen) atoms. The van der Waals surface area contributed by atoms with E-state index in [2.05, 4.69) is 26.0 Å². The molecule has 1 aliphatic heterocycles. The Morgan fingerprint density at radius 3 is 2.07 bits per heavy atom. The summed E-state index contributed by atoms with van der Waals surface area (Å²) in [6.45, 7) is 4.16. The lowest BCUT2D eigenvalue weighted by atomic mass is 9.96. The van der Waals surface area contributed by atoms with Gasteiger partial charge in [-0.3, -0.25) is 23.4 Å². The molecular weight excluding hydrogens is 733 g/mol. The number of carbonyl (C=O) groups excluding carboxylic acids is 3. The second kappa shape index (κ2) is 29.1. The van der Waals surface area contributed by atoms with Gasteiger partial charge in [0.25, 0.3) is 0 Å². The molecule has 0 radical (unpaired) electrons. The van der Waals surface area contributed by atoms with E-state index < -0.39 is 32.5 Å². The number of phosphoric acid groups is 1. The fraction of sp³-hybridized carbons (Fsp3) is 0.795. The van der Waals surface area contributed by atoms with Gasteiger partial charge in [-0.1, -0.05) is 122 Å². The van der Waals surface area contributed by atoms with Crippen molar-refractivity contribution in [3.8, 4) is 0 Å².